The van der Waals surface area contributed by atoms with Gasteiger partial charge in [-0.2, -0.15) is 0 Å². The Bertz CT molecular complexity index is 577. The lowest BCUT2D eigenvalue weighted by molar-refractivity contribution is -0.139. The van der Waals surface area contributed by atoms with Gasteiger partial charge in [-0.05, 0) is 27.4 Å². The number of aryl methyl sites for hydroxylation is 1. The molecule has 7 heteroatoms. The van der Waals surface area contributed by atoms with E-state index in [0.29, 0.717) is 12.5 Å². The van der Waals surface area contributed by atoms with Crippen molar-refractivity contribution in [3.63, 3.8) is 0 Å². The van der Waals surface area contributed by atoms with E-state index in [1.165, 1.54) is 0 Å². The van der Waals surface area contributed by atoms with Gasteiger partial charge in [-0.15, -0.1) is 11.3 Å². The Hall–Kier alpha value is -1.02. The second-order valence-corrected chi connectivity index (χ2v) is 8.23. The quantitative estimate of drug-likeness (QED) is 0.793. The summed E-state index contributed by atoms with van der Waals surface area (Å²) in [5.74, 6) is 0.630. The number of methoxy groups -OCH3 is 1. The molecule has 3 atom stereocenters. The molecule has 0 aromatic carbocycles. The fourth-order valence-electron chi connectivity index (χ4n) is 4.04. The number of amides is 1. The molecule has 1 aromatic heterocycles. The number of nitrogens with zero attached hydrogens (tertiary/aromatic N) is 4. The molecule has 2 aliphatic heterocycles. The van der Waals surface area contributed by atoms with E-state index < -0.39 is 0 Å². The van der Waals surface area contributed by atoms with Gasteiger partial charge in [0.15, 0.2) is 0 Å². The summed E-state index contributed by atoms with van der Waals surface area (Å²) in [6.45, 7) is 6.08. The Labute approximate surface area is 148 Å². The lowest BCUT2D eigenvalue weighted by Gasteiger charge is -2.41. The van der Waals surface area contributed by atoms with Gasteiger partial charge in [-0.3, -0.25) is 9.69 Å². The van der Waals surface area contributed by atoms with Crippen molar-refractivity contribution in [2.24, 2.45) is 5.92 Å². The van der Waals surface area contributed by atoms with Gasteiger partial charge >= 0.3 is 0 Å². The maximum Gasteiger partial charge on any atom is 0.237 e. The number of ether oxygens (including phenoxy) is 1. The number of carbonyl (C=O) groups excluding carboxylic acids is 1. The summed E-state index contributed by atoms with van der Waals surface area (Å²) in [5.41, 5.74) is 1.14. The molecule has 1 aromatic rings. The first-order valence-electron chi connectivity index (χ1n) is 8.58. The maximum absolute atomic E-state index is 12.6. The van der Waals surface area contributed by atoms with Crippen molar-refractivity contribution in [2.75, 3.05) is 47.4 Å². The average Bonchev–Trinajstić information content (AvgIpc) is 3.11. The number of carbonyl (C=O) groups is 1. The summed E-state index contributed by atoms with van der Waals surface area (Å²) in [5, 5.41) is 3.25. The van der Waals surface area contributed by atoms with Crippen LogP contribution in [-0.2, 0) is 16.1 Å². The third-order valence-corrected chi connectivity index (χ3v) is 5.89. The molecule has 0 bridgehead atoms. The summed E-state index contributed by atoms with van der Waals surface area (Å²) in [6, 6.07) is 0.260. The van der Waals surface area contributed by atoms with Crippen LogP contribution in [0.15, 0.2) is 5.38 Å². The molecule has 0 aliphatic carbocycles. The van der Waals surface area contributed by atoms with Gasteiger partial charge in [-0.25, -0.2) is 4.98 Å². The minimum atomic E-state index is 0.232. The minimum Gasteiger partial charge on any atom is -0.381 e. The Morgan fingerprint density at radius 1 is 1.46 bits per heavy atom. The smallest absolute Gasteiger partial charge is 0.237 e. The number of aromatic nitrogens is 1. The predicted molar refractivity (Wildman–Crippen MR) is 95.1 cm³/mol. The third kappa shape index (κ3) is 3.79. The van der Waals surface area contributed by atoms with Crippen LogP contribution in [0.25, 0.3) is 0 Å². The number of rotatable bonds is 5. The molecule has 0 radical (unpaired) electrons. The molecule has 0 saturated carbocycles. The Morgan fingerprint density at radius 2 is 2.25 bits per heavy atom. The van der Waals surface area contributed by atoms with Gasteiger partial charge < -0.3 is 14.5 Å². The van der Waals surface area contributed by atoms with E-state index in [0.717, 1.165) is 43.3 Å². The Morgan fingerprint density at radius 3 is 2.88 bits per heavy atom. The number of fused-ring (bicyclic) bond motifs is 1. The van der Waals surface area contributed by atoms with Crippen molar-refractivity contribution in [1.82, 2.24) is 19.7 Å². The first-order chi connectivity index (χ1) is 11.5. The molecule has 0 unspecified atom stereocenters. The fourth-order valence-corrected chi connectivity index (χ4v) is 4.64. The molecule has 134 valence electrons. The molecule has 2 fully saturated rings. The molecule has 3 heterocycles. The predicted octanol–water partition coefficient (Wildman–Crippen LogP) is 1.06. The van der Waals surface area contributed by atoms with Gasteiger partial charge in [0, 0.05) is 44.6 Å². The highest BCUT2D eigenvalue weighted by Gasteiger charge is 2.45. The van der Waals surface area contributed by atoms with Crippen LogP contribution in [0.3, 0.4) is 0 Å². The van der Waals surface area contributed by atoms with E-state index in [4.69, 9.17) is 4.74 Å². The van der Waals surface area contributed by atoms with Crippen LogP contribution in [0.1, 0.15) is 17.1 Å². The Kier molecular flexibility index (Phi) is 5.54. The third-order valence-electron chi connectivity index (χ3n) is 5.07. The molecular weight excluding hydrogens is 324 g/mol. The van der Waals surface area contributed by atoms with Crippen molar-refractivity contribution in [3.05, 3.63) is 16.1 Å². The van der Waals surface area contributed by atoms with Crippen molar-refractivity contribution >= 4 is 17.2 Å². The van der Waals surface area contributed by atoms with Crippen molar-refractivity contribution in [2.45, 2.75) is 32.0 Å². The second kappa shape index (κ2) is 7.47. The van der Waals surface area contributed by atoms with E-state index in [1.54, 1.807) is 18.4 Å². The zero-order chi connectivity index (χ0) is 17.3. The van der Waals surface area contributed by atoms with Crippen LogP contribution in [0, 0.1) is 12.8 Å². The summed E-state index contributed by atoms with van der Waals surface area (Å²) >= 11 is 1.70. The van der Waals surface area contributed by atoms with E-state index in [-0.39, 0.29) is 18.1 Å². The number of likely N-dealkylation sites (tertiary alicyclic amines) is 2. The molecule has 1 amide bonds. The number of thiazole rings is 1. The molecule has 6 nitrogen and oxygen atoms in total. The molecule has 2 saturated heterocycles. The number of hydrogen-bond acceptors (Lipinski definition) is 6. The van der Waals surface area contributed by atoms with Gasteiger partial charge in [0.1, 0.15) is 0 Å². The lowest BCUT2D eigenvalue weighted by Crippen LogP contribution is -2.55. The minimum absolute atomic E-state index is 0.232. The number of piperidine rings is 1. The fraction of sp³-hybridized carbons (Fsp3) is 0.765. The average molecular weight is 353 g/mol. The van der Waals surface area contributed by atoms with Gasteiger partial charge in [-0.1, -0.05) is 0 Å². The second-order valence-electron chi connectivity index (χ2n) is 7.17. The van der Waals surface area contributed by atoms with Crippen LogP contribution in [-0.4, -0.2) is 85.1 Å². The highest BCUT2D eigenvalue weighted by atomic mass is 32.1. The van der Waals surface area contributed by atoms with E-state index in [2.05, 4.69) is 20.2 Å². The number of likely N-dealkylation sites (N-methyl/N-ethyl adjacent to an activating group) is 1. The van der Waals surface area contributed by atoms with Gasteiger partial charge in [0.25, 0.3) is 0 Å². The first-order valence-corrected chi connectivity index (χ1v) is 9.46. The summed E-state index contributed by atoms with van der Waals surface area (Å²) in [7, 11) is 5.69. The maximum atomic E-state index is 12.6. The monoisotopic (exact) mass is 352 g/mol. The molecule has 0 spiro atoms. The Balaban J connectivity index is 1.70. The summed E-state index contributed by atoms with van der Waals surface area (Å²) in [6.07, 6.45) is 1.18. The molecular formula is C17H28N4O2S. The van der Waals surface area contributed by atoms with Crippen LogP contribution in [0.5, 0.6) is 0 Å². The molecule has 0 N–H and O–H groups in total. The van der Waals surface area contributed by atoms with Crippen LogP contribution < -0.4 is 0 Å². The van der Waals surface area contributed by atoms with Crippen molar-refractivity contribution < 1.29 is 9.53 Å². The van der Waals surface area contributed by atoms with Crippen molar-refractivity contribution in [3.8, 4) is 0 Å². The van der Waals surface area contributed by atoms with E-state index in [1.807, 2.05) is 25.9 Å². The molecule has 3 rings (SSSR count). The first kappa shape index (κ1) is 17.8. The summed E-state index contributed by atoms with van der Waals surface area (Å²) in [4.78, 5) is 23.7. The molecule has 24 heavy (non-hydrogen) atoms. The molecule has 2 aliphatic rings. The highest BCUT2D eigenvalue weighted by molar-refractivity contribution is 7.09. The zero-order valence-corrected chi connectivity index (χ0v) is 15.9. The lowest BCUT2D eigenvalue weighted by atomic mass is 9.89. The van der Waals surface area contributed by atoms with Crippen LogP contribution in [0.2, 0.25) is 0 Å². The topological polar surface area (TPSA) is 48.9 Å². The number of hydrogen-bond donors (Lipinski definition) is 0. The van der Waals surface area contributed by atoms with Crippen LogP contribution in [0.4, 0.5) is 0 Å². The van der Waals surface area contributed by atoms with Gasteiger partial charge in [0.2, 0.25) is 5.91 Å². The van der Waals surface area contributed by atoms with Crippen molar-refractivity contribution in [1.29, 1.82) is 0 Å². The highest BCUT2D eigenvalue weighted by Crippen LogP contribution is 2.33. The normalized spacial score (nSPS) is 27.7. The standard InChI is InChI=1S/C17H28N4O2S/c1-12-18-13(11-24-12)7-20-8-14-15(9-20)21(6-5-16(14)23-4)17(22)10-19(2)3/h11,14-16H,5-10H2,1-4H3/t14-,15+,16+/m0/s1. The van der Waals surface area contributed by atoms with E-state index in [9.17, 15) is 4.79 Å². The SMILES string of the molecule is CO[C@@H]1CCN(C(=O)CN(C)C)[C@@H]2CN(Cc3csc(C)n3)C[C@@H]21. The van der Waals surface area contributed by atoms with Crippen LogP contribution >= 0.6 is 11.3 Å². The summed E-state index contributed by atoms with van der Waals surface area (Å²) < 4.78 is 5.73. The largest absolute Gasteiger partial charge is 0.381 e. The van der Waals surface area contributed by atoms with Gasteiger partial charge in [0.05, 0.1) is 29.4 Å². The van der Waals surface area contributed by atoms with E-state index >= 15 is 0 Å². The zero-order valence-electron chi connectivity index (χ0n) is 15.1.